The van der Waals surface area contributed by atoms with E-state index in [9.17, 15) is 0 Å². The number of rotatable bonds is 2. The fourth-order valence-corrected chi connectivity index (χ4v) is 3.68. The second-order valence-electron chi connectivity index (χ2n) is 6.10. The summed E-state index contributed by atoms with van der Waals surface area (Å²) in [4.78, 5) is 3.45. The summed E-state index contributed by atoms with van der Waals surface area (Å²) in [7, 11) is 0. The van der Waals surface area contributed by atoms with Crippen LogP contribution in [0.3, 0.4) is 0 Å². The second-order valence-corrected chi connectivity index (χ2v) is 6.54. The summed E-state index contributed by atoms with van der Waals surface area (Å²) in [6, 6.07) is 14.8. The molecule has 2 nitrogen and oxygen atoms in total. The number of para-hydroxylation sites is 1. The lowest BCUT2D eigenvalue weighted by molar-refractivity contribution is 0.0164. The Hall–Kier alpha value is -1.51. The number of nitrogens with one attached hydrogen (secondary N) is 1. The Morgan fingerprint density at radius 1 is 1.14 bits per heavy atom. The van der Waals surface area contributed by atoms with Gasteiger partial charge in [-0.15, -0.1) is 11.6 Å². The van der Waals surface area contributed by atoms with Gasteiger partial charge in [0.25, 0.3) is 0 Å². The number of alkyl halides is 1. The Labute approximate surface area is 129 Å². The number of hydrogen-bond acceptors (Lipinski definition) is 1. The predicted molar refractivity (Wildman–Crippen MR) is 88.0 cm³/mol. The molecule has 0 saturated carbocycles. The molecule has 21 heavy (non-hydrogen) atoms. The highest BCUT2D eigenvalue weighted by atomic mass is 35.5. The van der Waals surface area contributed by atoms with Crippen molar-refractivity contribution in [2.45, 2.75) is 30.7 Å². The second kappa shape index (κ2) is 4.75. The number of aromatic amines is 1. The van der Waals surface area contributed by atoms with Crippen LogP contribution in [-0.2, 0) is 4.74 Å². The number of hydrogen-bond donors (Lipinski definition) is 1. The van der Waals surface area contributed by atoms with E-state index < -0.39 is 0 Å². The fourth-order valence-electron chi connectivity index (χ4n) is 3.38. The largest absolute Gasteiger partial charge is 0.373 e. The molecule has 0 bridgehead atoms. The lowest BCUT2D eigenvalue weighted by atomic mass is 9.92. The van der Waals surface area contributed by atoms with Crippen LogP contribution in [0.2, 0.25) is 0 Å². The summed E-state index contributed by atoms with van der Waals surface area (Å²) in [5, 5.41) is 2.36. The number of ether oxygens (including phenoxy) is 1. The van der Waals surface area contributed by atoms with Crippen LogP contribution < -0.4 is 0 Å². The SMILES string of the molecule is CC1(C(Cl)c2ccc3[nH]c4ccccc4c3c2)CCCO1. The zero-order valence-electron chi connectivity index (χ0n) is 12.0. The summed E-state index contributed by atoms with van der Waals surface area (Å²) in [6.45, 7) is 2.94. The molecule has 0 radical (unpaired) electrons. The minimum atomic E-state index is -0.249. The van der Waals surface area contributed by atoms with Gasteiger partial charge in [0.05, 0.1) is 11.0 Å². The molecular formula is C18H18ClNO. The lowest BCUT2D eigenvalue weighted by Crippen LogP contribution is -2.28. The topological polar surface area (TPSA) is 25.0 Å². The standard InChI is InChI=1S/C18H18ClNO/c1-18(9-4-10-21-18)17(19)12-7-8-16-14(11-12)13-5-2-3-6-15(13)20-16/h2-3,5-8,11,17,20H,4,9-10H2,1H3. The first-order valence-corrected chi connectivity index (χ1v) is 7.89. The molecule has 1 saturated heterocycles. The zero-order valence-corrected chi connectivity index (χ0v) is 12.8. The average molecular weight is 300 g/mol. The summed E-state index contributed by atoms with van der Waals surface area (Å²) in [5.41, 5.74) is 3.21. The van der Waals surface area contributed by atoms with Gasteiger partial charge in [0, 0.05) is 28.4 Å². The molecule has 1 N–H and O–H groups in total. The van der Waals surface area contributed by atoms with Crippen LogP contribution >= 0.6 is 11.6 Å². The van der Waals surface area contributed by atoms with Crippen molar-refractivity contribution >= 4 is 33.4 Å². The van der Waals surface area contributed by atoms with Crippen molar-refractivity contribution in [3.63, 3.8) is 0 Å². The molecule has 1 aliphatic heterocycles. The fraction of sp³-hybridized carbons (Fsp3) is 0.333. The van der Waals surface area contributed by atoms with Crippen molar-refractivity contribution in [2.24, 2.45) is 0 Å². The van der Waals surface area contributed by atoms with Crippen molar-refractivity contribution < 1.29 is 4.74 Å². The molecular weight excluding hydrogens is 282 g/mol. The van der Waals surface area contributed by atoms with E-state index in [2.05, 4.69) is 54.4 Å². The molecule has 2 aromatic carbocycles. The molecule has 0 aliphatic carbocycles. The Bertz CT molecular complexity index is 801. The highest BCUT2D eigenvalue weighted by Crippen LogP contribution is 2.42. The van der Waals surface area contributed by atoms with Gasteiger partial charge in [0.15, 0.2) is 0 Å². The van der Waals surface area contributed by atoms with Crippen LogP contribution in [0.4, 0.5) is 0 Å². The van der Waals surface area contributed by atoms with Crippen LogP contribution in [0.1, 0.15) is 30.7 Å². The van der Waals surface area contributed by atoms with Crippen LogP contribution in [0.25, 0.3) is 21.8 Å². The van der Waals surface area contributed by atoms with Crippen LogP contribution in [0.15, 0.2) is 42.5 Å². The lowest BCUT2D eigenvalue weighted by Gasteiger charge is -2.29. The normalized spacial score (nSPS) is 23.9. The number of fused-ring (bicyclic) bond motifs is 3. The van der Waals surface area contributed by atoms with E-state index in [4.69, 9.17) is 16.3 Å². The summed E-state index contributed by atoms with van der Waals surface area (Å²) >= 11 is 6.74. The van der Waals surface area contributed by atoms with Gasteiger partial charge < -0.3 is 9.72 Å². The van der Waals surface area contributed by atoms with Crippen molar-refractivity contribution in [3.8, 4) is 0 Å². The van der Waals surface area contributed by atoms with Crippen molar-refractivity contribution in [3.05, 3.63) is 48.0 Å². The maximum Gasteiger partial charge on any atom is 0.0872 e. The van der Waals surface area contributed by atoms with Crippen molar-refractivity contribution in [1.82, 2.24) is 4.98 Å². The average Bonchev–Trinajstić information content (AvgIpc) is 3.10. The predicted octanol–water partition coefficient (Wildman–Crippen LogP) is 5.17. The zero-order chi connectivity index (χ0) is 14.4. The minimum Gasteiger partial charge on any atom is -0.373 e. The molecule has 108 valence electrons. The van der Waals surface area contributed by atoms with Crippen molar-refractivity contribution in [1.29, 1.82) is 0 Å². The number of benzene rings is 2. The van der Waals surface area contributed by atoms with Gasteiger partial charge in [0.2, 0.25) is 0 Å². The summed E-state index contributed by atoms with van der Waals surface area (Å²) < 4.78 is 5.90. The molecule has 2 heterocycles. The van der Waals surface area contributed by atoms with Gasteiger partial charge in [-0.3, -0.25) is 0 Å². The highest BCUT2D eigenvalue weighted by Gasteiger charge is 2.38. The van der Waals surface area contributed by atoms with Crippen LogP contribution in [0, 0.1) is 0 Å². The Morgan fingerprint density at radius 3 is 2.76 bits per heavy atom. The Morgan fingerprint density at radius 2 is 1.95 bits per heavy atom. The third-order valence-corrected chi connectivity index (χ3v) is 5.32. The third kappa shape index (κ3) is 2.05. The number of aromatic nitrogens is 1. The first kappa shape index (κ1) is 13.2. The van der Waals surface area contributed by atoms with E-state index in [-0.39, 0.29) is 11.0 Å². The summed E-state index contributed by atoms with van der Waals surface area (Å²) in [6.07, 6.45) is 2.11. The van der Waals surface area contributed by atoms with Gasteiger partial charge in [-0.2, -0.15) is 0 Å². The molecule has 3 aromatic rings. The van der Waals surface area contributed by atoms with Crippen molar-refractivity contribution in [2.75, 3.05) is 6.61 Å². The quantitative estimate of drug-likeness (QED) is 0.649. The van der Waals surface area contributed by atoms with Crippen LogP contribution in [0.5, 0.6) is 0 Å². The molecule has 4 rings (SSSR count). The molecule has 0 amide bonds. The molecule has 1 aliphatic rings. The molecule has 2 unspecified atom stereocenters. The first-order chi connectivity index (χ1) is 10.2. The Balaban J connectivity index is 1.84. The van der Waals surface area contributed by atoms with E-state index in [1.807, 2.05) is 0 Å². The van der Waals surface area contributed by atoms with Gasteiger partial charge in [0.1, 0.15) is 0 Å². The monoisotopic (exact) mass is 299 g/mol. The van der Waals surface area contributed by atoms with E-state index in [0.717, 1.165) is 30.5 Å². The summed E-state index contributed by atoms with van der Waals surface area (Å²) in [5.74, 6) is 0. The minimum absolute atomic E-state index is 0.113. The van der Waals surface area contributed by atoms with Gasteiger partial charge >= 0.3 is 0 Å². The van der Waals surface area contributed by atoms with E-state index in [1.54, 1.807) is 0 Å². The molecule has 1 fully saturated rings. The number of H-pyrrole nitrogens is 1. The molecule has 2 atom stereocenters. The third-order valence-electron chi connectivity index (χ3n) is 4.61. The maximum absolute atomic E-state index is 6.74. The number of halogens is 1. The van der Waals surface area contributed by atoms with Gasteiger partial charge in [-0.1, -0.05) is 24.3 Å². The smallest absolute Gasteiger partial charge is 0.0872 e. The van der Waals surface area contributed by atoms with E-state index in [1.165, 1.54) is 16.3 Å². The molecule has 1 aromatic heterocycles. The first-order valence-electron chi connectivity index (χ1n) is 7.46. The van der Waals surface area contributed by atoms with E-state index >= 15 is 0 Å². The van der Waals surface area contributed by atoms with Gasteiger partial charge in [-0.05, 0) is 43.5 Å². The van der Waals surface area contributed by atoms with Gasteiger partial charge in [-0.25, -0.2) is 0 Å². The highest BCUT2D eigenvalue weighted by molar-refractivity contribution is 6.22. The van der Waals surface area contributed by atoms with Crippen LogP contribution in [-0.4, -0.2) is 17.2 Å². The molecule has 3 heteroatoms. The molecule has 0 spiro atoms. The Kier molecular flexibility index (Phi) is 2.98. The van der Waals surface area contributed by atoms with E-state index in [0.29, 0.717) is 0 Å². The maximum atomic E-state index is 6.74.